The normalized spacial score (nSPS) is 10.9. The zero-order valence-electron chi connectivity index (χ0n) is 15.5. The van der Waals surface area contributed by atoms with Crippen molar-refractivity contribution in [2.75, 3.05) is 7.11 Å². The number of ether oxygens (including phenoxy) is 1. The predicted octanol–water partition coefficient (Wildman–Crippen LogP) is 4.75. The minimum atomic E-state index is -0.0241. The van der Waals surface area contributed by atoms with Gasteiger partial charge in [-0.1, -0.05) is 66.4 Å². The van der Waals surface area contributed by atoms with Crippen LogP contribution in [-0.2, 0) is 12.3 Å². The average molecular weight is 388 g/mol. The van der Waals surface area contributed by atoms with Crippen molar-refractivity contribution >= 4 is 22.7 Å². The number of benzene rings is 3. The molecule has 0 spiro atoms. The molecule has 1 heterocycles. The van der Waals surface area contributed by atoms with Crippen molar-refractivity contribution in [2.24, 2.45) is 0 Å². The number of methoxy groups -OCH3 is 1. The number of aromatic nitrogens is 2. The molecule has 4 rings (SSSR count). The summed E-state index contributed by atoms with van der Waals surface area (Å²) >= 11 is 1.58. The van der Waals surface area contributed by atoms with Gasteiger partial charge >= 0.3 is 0 Å². The van der Waals surface area contributed by atoms with Crippen molar-refractivity contribution < 1.29 is 4.74 Å². The van der Waals surface area contributed by atoms with E-state index in [1.807, 2.05) is 66.7 Å². The van der Waals surface area contributed by atoms with Gasteiger partial charge in [0.2, 0.25) is 0 Å². The Morgan fingerprint density at radius 1 is 0.929 bits per heavy atom. The van der Waals surface area contributed by atoms with Gasteiger partial charge in [0.25, 0.3) is 5.56 Å². The standard InChI is InChI=1S/C23H20N2O2S/c1-27-19-11-7-10-18(14-19)15-25-22(26)20-12-5-6-13-21(20)24-23(25)28-16-17-8-3-2-4-9-17/h2-14H,15-16H2,1H3. The minimum Gasteiger partial charge on any atom is -0.497 e. The summed E-state index contributed by atoms with van der Waals surface area (Å²) < 4.78 is 7.08. The van der Waals surface area contributed by atoms with E-state index in [0.29, 0.717) is 11.9 Å². The fourth-order valence-corrected chi connectivity index (χ4v) is 4.03. The van der Waals surface area contributed by atoms with Crippen LogP contribution in [0.15, 0.2) is 88.8 Å². The highest BCUT2D eigenvalue weighted by Crippen LogP contribution is 2.23. The van der Waals surface area contributed by atoms with Crippen molar-refractivity contribution in [2.45, 2.75) is 17.5 Å². The van der Waals surface area contributed by atoms with Crippen molar-refractivity contribution in [3.63, 3.8) is 0 Å². The molecule has 0 atom stereocenters. The molecule has 0 amide bonds. The maximum atomic E-state index is 13.2. The number of hydrogen-bond acceptors (Lipinski definition) is 4. The Kier molecular flexibility index (Phi) is 5.44. The Morgan fingerprint density at radius 2 is 1.68 bits per heavy atom. The van der Waals surface area contributed by atoms with E-state index in [4.69, 9.17) is 9.72 Å². The van der Waals surface area contributed by atoms with Crippen LogP contribution in [0.4, 0.5) is 0 Å². The van der Waals surface area contributed by atoms with Gasteiger partial charge < -0.3 is 4.74 Å². The lowest BCUT2D eigenvalue weighted by Gasteiger charge is -2.14. The Hall–Kier alpha value is -3.05. The zero-order chi connectivity index (χ0) is 19.3. The first-order chi connectivity index (χ1) is 13.7. The number of thioether (sulfide) groups is 1. The van der Waals surface area contributed by atoms with Crippen molar-refractivity contribution in [3.05, 3.63) is 100 Å². The minimum absolute atomic E-state index is 0.0241. The number of nitrogens with zero attached hydrogens (tertiary/aromatic N) is 2. The average Bonchev–Trinajstić information content (AvgIpc) is 2.75. The second kappa shape index (κ2) is 8.31. The molecule has 4 nitrogen and oxygen atoms in total. The lowest BCUT2D eigenvalue weighted by Crippen LogP contribution is -2.24. The summed E-state index contributed by atoms with van der Waals surface area (Å²) in [5.74, 6) is 1.53. The third-order valence-electron chi connectivity index (χ3n) is 4.51. The molecule has 0 aliphatic rings. The number of fused-ring (bicyclic) bond motifs is 1. The molecule has 1 aromatic heterocycles. The van der Waals surface area contributed by atoms with Crippen LogP contribution in [0, 0.1) is 0 Å². The fourth-order valence-electron chi connectivity index (χ4n) is 3.07. The Morgan fingerprint density at radius 3 is 2.50 bits per heavy atom. The van der Waals surface area contributed by atoms with E-state index in [1.165, 1.54) is 5.56 Å². The van der Waals surface area contributed by atoms with Crippen LogP contribution in [0.1, 0.15) is 11.1 Å². The Bertz CT molecular complexity index is 1160. The summed E-state index contributed by atoms with van der Waals surface area (Å²) in [6.45, 7) is 0.449. The van der Waals surface area contributed by atoms with E-state index in [-0.39, 0.29) is 5.56 Å². The van der Waals surface area contributed by atoms with Gasteiger partial charge in [0.15, 0.2) is 5.16 Å². The summed E-state index contributed by atoms with van der Waals surface area (Å²) in [6.07, 6.45) is 0. The van der Waals surface area contributed by atoms with Crippen molar-refractivity contribution in [1.29, 1.82) is 0 Å². The molecule has 0 aliphatic carbocycles. The molecule has 3 aromatic carbocycles. The van der Waals surface area contributed by atoms with Gasteiger partial charge in [-0.3, -0.25) is 9.36 Å². The molecule has 0 fully saturated rings. The van der Waals surface area contributed by atoms with Crippen LogP contribution < -0.4 is 10.3 Å². The van der Waals surface area contributed by atoms with E-state index in [0.717, 1.165) is 27.7 Å². The molecule has 28 heavy (non-hydrogen) atoms. The van der Waals surface area contributed by atoms with E-state index in [2.05, 4.69) is 12.1 Å². The first-order valence-electron chi connectivity index (χ1n) is 9.04. The molecule has 0 radical (unpaired) electrons. The monoisotopic (exact) mass is 388 g/mol. The summed E-state index contributed by atoms with van der Waals surface area (Å²) in [4.78, 5) is 18.0. The first kappa shape index (κ1) is 18.3. The summed E-state index contributed by atoms with van der Waals surface area (Å²) in [5.41, 5.74) is 2.90. The highest BCUT2D eigenvalue weighted by Gasteiger charge is 2.12. The van der Waals surface area contributed by atoms with Crippen molar-refractivity contribution in [3.8, 4) is 5.75 Å². The second-order valence-electron chi connectivity index (χ2n) is 6.43. The Balaban J connectivity index is 1.75. The highest BCUT2D eigenvalue weighted by atomic mass is 32.2. The molecule has 0 saturated carbocycles. The van der Waals surface area contributed by atoms with Gasteiger partial charge in [-0.05, 0) is 35.4 Å². The first-order valence-corrected chi connectivity index (χ1v) is 10.0. The van der Waals surface area contributed by atoms with Gasteiger partial charge in [0.1, 0.15) is 5.75 Å². The maximum Gasteiger partial charge on any atom is 0.262 e. The quantitative estimate of drug-likeness (QED) is 0.353. The molecule has 0 saturated heterocycles. The number of para-hydroxylation sites is 1. The van der Waals surface area contributed by atoms with E-state index in [9.17, 15) is 4.79 Å². The molecule has 0 bridgehead atoms. The number of hydrogen-bond donors (Lipinski definition) is 0. The third kappa shape index (κ3) is 3.94. The third-order valence-corrected chi connectivity index (χ3v) is 5.56. The van der Waals surface area contributed by atoms with Gasteiger partial charge in [-0.25, -0.2) is 4.98 Å². The van der Waals surface area contributed by atoms with E-state index in [1.54, 1.807) is 23.4 Å². The number of rotatable bonds is 6. The molecule has 4 aromatic rings. The van der Waals surface area contributed by atoms with Crippen LogP contribution in [-0.4, -0.2) is 16.7 Å². The van der Waals surface area contributed by atoms with Gasteiger partial charge in [0, 0.05) is 5.75 Å². The molecular formula is C23H20N2O2S. The van der Waals surface area contributed by atoms with E-state index >= 15 is 0 Å². The lowest BCUT2D eigenvalue weighted by atomic mass is 10.2. The SMILES string of the molecule is COc1cccc(Cn2c(SCc3ccccc3)nc3ccccc3c2=O)c1. The summed E-state index contributed by atoms with van der Waals surface area (Å²) in [5, 5.41) is 1.35. The Labute approximate surface area is 167 Å². The molecule has 0 aliphatic heterocycles. The van der Waals surface area contributed by atoms with Gasteiger partial charge in [0.05, 0.1) is 24.6 Å². The van der Waals surface area contributed by atoms with Crippen LogP contribution in [0.3, 0.4) is 0 Å². The zero-order valence-corrected chi connectivity index (χ0v) is 16.4. The molecule has 140 valence electrons. The highest BCUT2D eigenvalue weighted by molar-refractivity contribution is 7.98. The van der Waals surface area contributed by atoms with Gasteiger partial charge in [-0.2, -0.15) is 0 Å². The van der Waals surface area contributed by atoms with Crippen LogP contribution in [0.25, 0.3) is 10.9 Å². The fraction of sp³-hybridized carbons (Fsp3) is 0.130. The van der Waals surface area contributed by atoms with E-state index < -0.39 is 0 Å². The summed E-state index contributed by atoms with van der Waals surface area (Å²) in [6, 6.07) is 25.5. The second-order valence-corrected chi connectivity index (χ2v) is 7.37. The summed E-state index contributed by atoms with van der Waals surface area (Å²) in [7, 11) is 1.64. The smallest absolute Gasteiger partial charge is 0.262 e. The van der Waals surface area contributed by atoms with Gasteiger partial charge in [-0.15, -0.1) is 0 Å². The maximum absolute atomic E-state index is 13.2. The van der Waals surface area contributed by atoms with Crippen LogP contribution in [0.5, 0.6) is 5.75 Å². The van der Waals surface area contributed by atoms with Crippen LogP contribution in [0.2, 0.25) is 0 Å². The predicted molar refractivity (Wildman–Crippen MR) is 114 cm³/mol. The molecule has 5 heteroatoms. The molecule has 0 N–H and O–H groups in total. The molecular weight excluding hydrogens is 368 g/mol. The topological polar surface area (TPSA) is 44.1 Å². The largest absolute Gasteiger partial charge is 0.497 e. The van der Waals surface area contributed by atoms with Crippen molar-refractivity contribution in [1.82, 2.24) is 9.55 Å². The molecule has 0 unspecified atom stereocenters. The lowest BCUT2D eigenvalue weighted by molar-refractivity contribution is 0.414. The van der Waals surface area contributed by atoms with Crippen LogP contribution >= 0.6 is 11.8 Å².